The summed E-state index contributed by atoms with van der Waals surface area (Å²) >= 11 is 0. The van der Waals surface area contributed by atoms with E-state index in [2.05, 4.69) is 0 Å². The lowest BCUT2D eigenvalue weighted by molar-refractivity contribution is 0.0202. The molecule has 0 radical (unpaired) electrons. The Morgan fingerprint density at radius 1 is 1.56 bits per heavy atom. The predicted octanol–water partition coefficient (Wildman–Crippen LogP) is 1.72. The molecule has 94 valence electrons. The second-order valence-corrected chi connectivity index (χ2v) is 5.13. The van der Waals surface area contributed by atoms with Crippen LogP contribution < -0.4 is 0 Å². The summed E-state index contributed by atoms with van der Waals surface area (Å²) in [7, 11) is 0. The van der Waals surface area contributed by atoms with Crippen molar-refractivity contribution in [3.05, 3.63) is 0 Å². The zero-order chi connectivity index (χ0) is 12.3. The van der Waals surface area contributed by atoms with Crippen molar-refractivity contribution in [2.75, 3.05) is 13.2 Å². The highest BCUT2D eigenvalue weighted by Crippen LogP contribution is 2.24. The Morgan fingerprint density at radius 2 is 2.19 bits per heavy atom. The first-order chi connectivity index (χ1) is 7.33. The molecule has 1 amide bonds. The molecule has 16 heavy (non-hydrogen) atoms. The smallest absolute Gasteiger partial charge is 0.410 e. The van der Waals surface area contributed by atoms with E-state index in [0.29, 0.717) is 12.8 Å². The average Bonchev–Trinajstić information content (AvgIpc) is 2.44. The van der Waals surface area contributed by atoms with E-state index in [1.807, 2.05) is 0 Å². The quantitative estimate of drug-likeness (QED) is 0.790. The zero-order valence-corrected chi connectivity index (χ0v) is 10.1. The van der Waals surface area contributed by atoms with Crippen LogP contribution in [0.15, 0.2) is 0 Å². The van der Waals surface area contributed by atoms with E-state index in [1.165, 1.54) is 4.90 Å². The first kappa shape index (κ1) is 13.2. The molecule has 0 aromatic heterocycles. The molecule has 1 aliphatic heterocycles. The fourth-order valence-electron chi connectivity index (χ4n) is 1.83. The predicted molar refractivity (Wildman–Crippen MR) is 57.9 cm³/mol. The summed E-state index contributed by atoms with van der Waals surface area (Å²) in [5, 5.41) is 8.84. The van der Waals surface area contributed by atoms with Gasteiger partial charge in [0.1, 0.15) is 11.8 Å². The Kier molecular flexibility index (Phi) is 4.13. The molecule has 5 heteroatoms. The van der Waals surface area contributed by atoms with Crippen molar-refractivity contribution < 1.29 is 19.0 Å². The lowest BCUT2D eigenvalue weighted by Gasteiger charge is -2.28. The van der Waals surface area contributed by atoms with Gasteiger partial charge in [0.15, 0.2) is 0 Å². The van der Waals surface area contributed by atoms with Gasteiger partial charge in [0, 0.05) is 19.1 Å². The van der Waals surface area contributed by atoms with Gasteiger partial charge in [-0.1, -0.05) is 0 Å². The summed E-state index contributed by atoms with van der Waals surface area (Å²) in [5.41, 5.74) is -0.574. The van der Waals surface area contributed by atoms with Crippen LogP contribution in [0.3, 0.4) is 0 Å². The van der Waals surface area contributed by atoms with Crippen molar-refractivity contribution in [2.45, 2.75) is 51.4 Å². The van der Waals surface area contributed by atoms with Gasteiger partial charge in [0.25, 0.3) is 0 Å². The Morgan fingerprint density at radius 3 is 2.69 bits per heavy atom. The number of hydrogen-bond donors (Lipinski definition) is 1. The zero-order valence-electron chi connectivity index (χ0n) is 10.1. The van der Waals surface area contributed by atoms with Crippen LogP contribution in [0.1, 0.15) is 33.6 Å². The van der Waals surface area contributed by atoms with Crippen LogP contribution in [0.25, 0.3) is 0 Å². The number of aliphatic hydroxyl groups is 1. The summed E-state index contributed by atoms with van der Waals surface area (Å²) in [6.07, 6.45) is -0.811. The molecule has 1 fully saturated rings. The first-order valence-corrected chi connectivity index (χ1v) is 5.58. The molecular formula is C11H20FNO3. The van der Waals surface area contributed by atoms with Crippen molar-refractivity contribution in [2.24, 2.45) is 0 Å². The average molecular weight is 233 g/mol. The van der Waals surface area contributed by atoms with Crippen LogP contribution >= 0.6 is 0 Å². The SMILES string of the molecule is CC(C)(C)OC(=O)N1C[C@@H](F)C[C@H]1CCO. The third kappa shape index (κ3) is 3.63. The highest BCUT2D eigenvalue weighted by molar-refractivity contribution is 5.69. The molecule has 0 aromatic rings. The maximum absolute atomic E-state index is 13.2. The molecule has 0 saturated carbocycles. The largest absolute Gasteiger partial charge is 0.444 e. The third-order valence-corrected chi connectivity index (χ3v) is 2.45. The van der Waals surface area contributed by atoms with Crippen LogP contribution in [0.4, 0.5) is 9.18 Å². The van der Waals surface area contributed by atoms with Crippen LogP contribution in [0, 0.1) is 0 Å². The fraction of sp³-hybridized carbons (Fsp3) is 0.909. The summed E-state index contributed by atoms with van der Waals surface area (Å²) < 4.78 is 18.4. The minimum absolute atomic E-state index is 0.0450. The van der Waals surface area contributed by atoms with Gasteiger partial charge in [-0.15, -0.1) is 0 Å². The maximum Gasteiger partial charge on any atom is 0.410 e. The molecule has 1 N–H and O–H groups in total. The summed E-state index contributed by atoms with van der Waals surface area (Å²) in [6.45, 7) is 5.34. The number of likely N-dealkylation sites (tertiary alicyclic amines) is 1. The van der Waals surface area contributed by atoms with Crippen LogP contribution in [-0.2, 0) is 4.74 Å². The second kappa shape index (κ2) is 4.99. The molecule has 0 spiro atoms. The lowest BCUT2D eigenvalue weighted by atomic mass is 10.1. The Hall–Kier alpha value is -0.840. The van der Waals surface area contributed by atoms with E-state index in [1.54, 1.807) is 20.8 Å². The van der Waals surface area contributed by atoms with Crippen LogP contribution in [0.2, 0.25) is 0 Å². The molecule has 1 saturated heterocycles. The molecule has 1 heterocycles. The number of amides is 1. The number of rotatable bonds is 2. The molecule has 0 aliphatic carbocycles. The maximum atomic E-state index is 13.2. The molecule has 1 aliphatic rings. The summed E-state index contributed by atoms with van der Waals surface area (Å²) in [4.78, 5) is 13.1. The highest BCUT2D eigenvalue weighted by Gasteiger charge is 2.37. The second-order valence-electron chi connectivity index (χ2n) is 5.13. The van der Waals surface area contributed by atoms with Crippen LogP contribution in [-0.4, -0.2) is 47.1 Å². The van der Waals surface area contributed by atoms with Crippen molar-refractivity contribution in [3.8, 4) is 0 Å². The Bertz CT molecular complexity index is 252. The number of halogens is 1. The van der Waals surface area contributed by atoms with Gasteiger partial charge < -0.3 is 14.7 Å². The van der Waals surface area contributed by atoms with Gasteiger partial charge in [-0.3, -0.25) is 0 Å². The number of hydrogen-bond acceptors (Lipinski definition) is 3. The van der Waals surface area contributed by atoms with Crippen molar-refractivity contribution in [1.29, 1.82) is 0 Å². The number of nitrogens with zero attached hydrogens (tertiary/aromatic N) is 1. The van der Waals surface area contributed by atoms with Gasteiger partial charge in [0.2, 0.25) is 0 Å². The van der Waals surface area contributed by atoms with Gasteiger partial charge in [-0.05, 0) is 27.2 Å². The summed E-state index contributed by atoms with van der Waals surface area (Å²) in [5.74, 6) is 0. The minimum Gasteiger partial charge on any atom is -0.444 e. The van der Waals surface area contributed by atoms with E-state index >= 15 is 0 Å². The highest BCUT2D eigenvalue weighted by atomic mass is 19.1. The van der Waals surface area contributed by atoms with Gasteiger partial charge in [-0.2, -0.15) is 0 Å². The standard InChI is InChI=1S/C11H20FNO3/c1-11(2,3)16-10(15)13-7-8(12)6-9(13)4-5-14/h8-9,14H,4-7H2,1-3H3/t8-,9+/m0/s1. The molecule has 1 rings (SSSR count). The lowest BCUT2D eigenvalue weighted by Crippen LogP contribution is -2.40. The Balaban J connectivity index is 2.59. The van der Waals surface area contributed by atoms with E-state index in [0.717, 1.165) is 0 Å². The third-order valence-electron chi connectivity index (χ3n) is 2.45. The first-order valence-electron chi connectivity index (χ1n) is 5.58. The van der Waals surface area contributed by atoms with Crippen molar-refractivity contribution in [1.82, 2.24) is 4.90 Å². The number of carbonyl (C=O) groups is 1. The van der Waals surface area contributed by atoms with Crippen molar-refractivity contribution in [3.63, 3.8) is 0 Å². The number of ether oxygens (including phenoxy) is 1. The van der Waals surface area contributed by atoms with E-state index in [-0.39, 0.29) is 19.2 Å². The molecule has 0 unspecified atom stereocenters. The van der Waals surface area contributed by atoms with E-state index in [4.69, 9.17) is 9.84 Å². The van der Waals surface area contributed by atoms with Gasteiger partial charge >= 0.3 is 6.09 Å². The van der Waals surface area contributed by atoms with Crippen LogP contribution in [0.5, 0.6) is 0 Å². The van der Waals surface area contributed by atoms with Gasteiger partial charge in [-0.25, -0.2) is 9.18 Å². The number of carbonyl (C=O) groups excluding carboxylic acids is 1. The van der Waals surface area contributed by atoms with Crippen molar-refractivity contribution >= 4 is 6.09 Å². The van der Waals surface area contributed by atoms with E-state index < -0.39 is 17.9 Å². The molecule has 0 bridgehead atoms. The molecule has 0 aromatic carbocycles. The number of aliphatic hydroxyl groups excluding tert-OH is 1. The summed E-state index contributed by atoms with van der Waals surface area (Å²) in [6, 6.07) is -0.241. The monoisotopic (exact) mass is 233 g/mol. The molecule has 2 atom stereocenters. The Labute approximate surface area is 95.4 Å². The van der Waals surface area contributed by atoms with Gasteiger partial charge in [0.05, 0.1) is 6.54 Å². The number of alkyl halides is 1. The normalized spacial score (nSPS) is 25.9. The fourth-order valence-corrected chi connectivity index (χ4v) is 1.83. The minimum atomic E-state index is -1.01. The topological polar surface area (TPSA) is 49.8 Å². The van der Waals surface area contributed by atoms with E-state index in [9.17, 15) is 9.18 Å². The molecular weight excluding hydrogens is 213 g/mol. The molecule has 4 nitrogen and oxygen atoms in total.